The molecule has 0 spiro atoms. The fourth-order valence-electron chi connectivity index (χ4n) is 2.15. The van der Waals surface area contributed by atoms with Crippen molar-refractivity contribution in [2.24, 2.45) is 0 Å². The predicted molar refractivity (Wildman–Crippen MR) is 45.0 cm³/mol. The van der Waals surface area contributed by atoms with E-state index in [2.05, 4.69) is 5.32 Å². The number of hydrogen-bond donors (Lipinski definition) is 1. The van der Waals surface area contributed by atoms with E-state index >= 15 is 0 Å². The van der Waals surface area contributed by atoms with Crippen LogP contribution in [-0.4, -0.2) is 31.3 Å². The highest BCUT2D eigenvalue weighted by atomic mass is 19.4. The summed E-state index contributed by atoms with van der Waals surface area (Å²) in [6.45, 7) is 0. The van der Waals surface area contributed by atoms with Crippen LogP contribution in [0.15, 0.2) is 11.1 Å². The van der Waals surface area contributed by atoms with E-state index in [1.807, 2.05) is 0 Å². The number of carbonyl (C=O) groups is 1. The van der Waals surface area contributed by atoms with Crippen molar-refractivity contribution in [1.82, 2.24) is 5.32 Å². The molecule has 2 bridgehead atoms. The maximum atomic E-state index is 12.6. The van der Waals surface area contributed by atoms with Crippen LogP contribution < -0.4 is 5.32 Å². The summed E-state index contributed by atoms with van der Waals surface area (Å²) in [5.41, 5.74) is -1.03. The smallest absolute Gasteiger partial charge is 0.365 e. The molecule has 2 heterocycles. The molecule has 1 N–H and O–H groups in total. The van der Waals surface area contributed by atoms with Gasteiger partial charge in [0.1, 0.15) is 0 Å². The number of alkyl halides is 3. The molecule has 2 atom stereocenters. The van der Waals surface area contributed by atoms with Crippen LogP contribution in [0.2, 0.25) is 0 Å². The van der Waals surface area contributed by atoms with Gasteiger partial charge >= 0.3 is 6.18 Å². The van der Waals surface area contributed by atoms with E-state index in [9.17, 15) is 18.0 Å². The number of amides is 1. The summed E-state index contributed by atoms with van der Waals surface area (Å²) < 4.78 is 43.0. The molecule has 84 valence electrons. The zero-order valence-corrected chi connectivity index (χ0v) is 8.02. The SMILES string of the molecule is CNC(=O)C1=C(C(F)(F)F)C2CCC1O2. The number of ether oxygens (including phenoxy) is 1. The molecule has 1 amide bonds. The van der Waals surface area contributed by atoms with Crippen molar-refractivity contribution >= 4 is 5.91 Å². The second-order valence-corrected chi connectivity index (χ2v) is 3.59. The molecule has 2 aliphatic rings. The Bertz CT molecular complexity index is 335. The lowest BCUT2D eigenvalue weighted by molar-refractivity contribution is -0.119. The zero-order valence-electron chi connectivity index (χ0n) is 8.02. The van der Waals surface area contributed by atoms with Crippen molar-refractivity contribution in [3.05, 3.63) is 11.1 Å². The summed E-state index contributed by atoms with van der Waals surface area (Å²) in [7, 11) is 1.31. The topological polar surface area (TPSA) is 38.3 Å². The van der Waals surface area contributed by atoms with Gasteiger partial charge in [-0.3, -0.25) is 4.79 Å². The molecule has 1 fully saturated rings. The molecule has 2 rings (SSSR count). The third-order valence-electron chi connectivity index (χ3n) is 2.73. The Balaban J connectivity index is 2.44. The van der Waals surface area contributed by atoms with Crippen LogP contribution in [-0.2, 0) is 9.53 Å². The Labute approximate surface area is 84.3 Å². The van der Waals surface area contributed by atoms with Gasteiger partial charge < -0.3 is 10.1 Å². The summed E-state index contributed by atoms with van der Waals surface area (Å²) in [4.78, 5) is 11.3. The molecule has 0 aromatic rings. The maximum Gasteiger partial charge on any atom is 0.415 e. The van der Waals surface area contributed by atoms with Crippen LogP contribution in [0.1, 0.15) is 12.8 Å². The van der Waals surface area contributed by atoms with E-state index in [0.717, 1.165) is 0 Å². The van der Waals surface area contributed by atoms with Crippen LogP contribution in [0.3, 0.4) is 0 Å². The first kappa shape index (κ1) is 10.5. The minimum Gasteiger partial charge on any atom is -0.365 e. The third-order valence-corrected chi connectivity index (χ3v) is 2.73. The number of nitrogens with one attached hydrogen (secondary N) is 1. The Hall–Kier alpha value is -1.04. The molecule has 0 aromatic carbocycles. The molecule has 0 aromatic heterocycles. The Morgan fingerprint density at radius 1 is 1.40 bits per heavy atom. The Kier molecular flexibility index (Phi) is 2.26. The van der Waals surface area contributed by atoms with Crippen molar-refractivity contribution in [2.45, 2.75) is 31.2 Å². The average Bonchev–Trinajstić information content (AvgIpc) is 2.73. The second-order valence-electron chi connectivity index (χ2n) is 3.59. The largest absolute Gasteiger partial charge is 0.415 e. The number of rotatable bonds is 1. The molecule has 2 aliphatic heterocycles. The van der Waals surface area contributed by atoms with E-state index in [-0.39, 0.29) is 5.57 Å². The van der Waals surface area contributed by atoms with Gasteiger partial charge in [0, 0.05) is 7.05 Å². The lowest BCUT2D eigenvalue weighted by Gasteiger charge is -2.17. The predicted octanol–water partition coefficient (Wildman–Crippen LogP) is 1.15. The lowest BCUT2D eigenvalue weighted by atomic mass is 9.91. The van der Waals surface area contributed by atoms with Gasteiger partial charge in [-0.1, -0.05) is 0 Å². The summed E-state index contributed by atoms with van der Waals surface area (Å²) in [5.74, 6) is -0.686. The van der Waals surface area contributed by atoms with Crippen molar-refractivity contribution < 1.29 is 22.7 Å². The summed E-state index contributed by atoms with van der Waals surface area (Å²) in [6, 6.07) is 0. The molecular weight excluding hydrogens is 211 g/mol. The number of likely N-dealkylation sites (N-methyl/N-ethyl adjacent to an activating group) is 1. The van der Waals surface area contributed by atoms with Crippen LogP contribution in [0.4, 0.5) is 13.2 Å². The van der Waals surface area contributed by atoms with Crippen molar-refractivity contribution in [1.29, 1.82) is 0 Å². The number of fused-ring (bicyclic) bond motifs is 2. The first-order valence-corrected chi connectivity index (χ1v) is 4.64. The molecular formula is C9H10F3NO2. The van der Waals surface area contributed by atoms with Crippen LogP contribution >= 0.6 is 0 Å². The van der Waals surface area contributed by atoms with Crippen molar-refractivity contribution in [3.63, 3.8) is 0 Å². The highest BCUT2D eigenvalue weighted by molar-refractivity contribution is 5.96. The van der Waals surface area contributed by atoms with Crippen molar-refractivity contribution in [2.75, 3.05) is 7.05 Å². The van der Waals surface area contributed by atoms with Gasteiger partial charge in [-0.25, -0.2) is 0 Å². The standard InChI is InChI=1S/C9H10F3NO2/c1-13-8(14)6-4-2-3-5(15-4)7(6)9(10,11)12/h4-5H,2-3H2,1H3,(H,13,14). The number of halogens is 3. The molecule has 1 saturated heterocycles. The Morgan fingerprint density at radius 3 is 2.53 bits per heavy atom. The summed E-state index contributed by atoms with van der Waals surface area (Å²) >= 11 is 0. The summed E-state index contributed by atoms with van der Waals surface area (Å²) in [6.07, 6.45) is -5.25. The quantitative estimate of drug-likeness (QED) is 0.721. The van der Waals surface area contributed by atoms with Gasteiger partial charge in [-0.2, -0.15) is 13.2 Å². The molecule has 0 saturated carbocycles. The van der Waals surface area contributed by atoms with Gasteiger partial charge in [0.05, 0.1) is 23.4 Å². The minimum absolute atomic E-state index is 0.235. The molecule has 0 aliphatic carbocycles. The first-order chi connectivity index (χ1) is 6.95. The van der Waals surface area contributed by atoms with E-state index in [0.29, 0.717) is 12.8 Å². The molecule has 3 nitrogen and oxygen atoms in total. The van der Waals surface area contributed by atoms with Crippen LogP contribution in [0, 0.1) is 0 Å². The summed E-state index contributed by atoms with van der Waals surface area (Å²) in [5, 5.41) is 2.22. The van der Waals surface area contributed by atoms with Gasteiger partial charge in [0.15, 0.2) is 0 Å². The van der Waals surface area contributed by atoms with Gasteiger partial charge in [-0.05, 0) is 12.8 Å². The van der Waals surface area contributed by atoms with Gasteiger partial charge in [-0.15, -0.1) is 0 Å². The second kappa shape index (κ2) is 3.23. The Morgan fingerprint density at radius 2 is 2.00 bits per heavy atom. The minimum atomic E-state index is -4.47. The first-order valence-electron chi connectivity index (χ1n) is 4.64. The zero-order chi connectivity index (χ0) is 11.2. The van der Waals surface area contributed by atoms with Crippen LogP contribution in [0.5, 0.6) is 0 Å². The average molecular weight is 221 g/mol. The molecule has 0 radical (unpaired) electrons. The normalized spacial score (nSPS) is 29.9. The fourth-order valence-corrected chi connectivity index (χ4v) is 2.15. The van der Waals surface area contributed by atoms with E-state index in [1.54, 1.807) is 0 Å². The highest BCUT2D eigenvalue weighted by Gasteiger charge is 2.53. The lowest BCUT2D eigenvalue weighted by Crippen LogP contribution is -2.31. The number of carbonyl (C=O) groups excluding carboxylic acids is 1. The van der Waals surface area contributed by atoms with Gasteiger partial charge in [0.2, 0.25) is 5.91 Å². The monoisotopic (exact) mass is 221 g/mol. The van der Waals surface area contributed by atoms with Crippen LogP contribution in [0.25, 0.3) is 0 Å². The van der Waals surface area contributed by atoms with Crippen molar-refractivity contribution in [3.8, 4) is 0 Å². The van der Waals surface area contributed by atoms with Gasteiger partial charge in [0.25, 0.3) is 0 Å². The molecule has 15 heavy (non-hydrogen) atoms. The van der Waals surface area contributed by atoms with E-state index in [4.69, 9.17) is 4.74 Å². The molecule has 2 unspecified atom stereocenters. The fraction of sp³-hybridized carbons (Fsp3) is 0.667. The third kappa shape index (κ3) is 1.52. The van der Waals surface area contributed by atoms with E-state index in [1.165, 1.54) is 7.05 Å². The highest BCUT2D eigenvalue weighted by Crippen LogP contribution is 2.46. The number of hydrogen-bond acceptors (Lipinski definition) is 2. The molecule has 6 heteroatoms. The maximum absolute atomic E-state index is 12.6. The van der Waals surface area contributed by atoms with E-state index < -0.39 is 29.9 Å².